The summed E-state index contributed by atoms with van der Waals surface area (Å²) in [7, 11) is 0. The highest BCUT2D eigenvalue weighted by molar-refractivity contribution is 6.13. The van der Waals surface area contributed by atoms with Crippen LogP contribution in [0.3, 0.4) is 0 Å². The van der Waals surface area contributed by atoms with Crippen LogP contribution in [0, 0.1) is 11.6 Å². The van der Waals surface area contributed by atoms with E-state index in [1.54, 1.807) is 18.2 Å². The van der Waals surface area contributed by atoms with Gasteiger partial charge in [-0.1, -0.05) is 60.7 Å². The van der Waals surface area contributed by atoms with Gasteiger partial charge in [-0.2, -0.15) is 0 Å². The molecule has 5 rings (SSSR count). The standard InChI is InChI=1S/C29H22F2N2O2/c30-22-13-20(14-23(31)15-22)17-32-29(35)27-25-16-24(34)11-12-26(25)33(18-19-7-3-1-4-8-19)28(27)21-9-5-2-6-10-21/h1-16,34H,17-18H2,(H,32,35). The first kappa shape index (κ1) is 22.3. The zero-order chi connectivity index (χ0) is 24.4. The third-order valence-electron chi connectivity index (χ3n) is 5.88. The summed E-state index contributed by atoms with van der Waals surface area (Å²) in [6.07, 6.45) is 0. The number of halogens is 2. The molecule has 5 aromatic rings. The lowest BCUT2D eigenvalue weighted by atomic mass is 10.0. The molecule has 0 spiro atoms. The number of carbonyl (C=O) groups excluding carboxylic acids is 1. The minimum atomic E-state index is -0.705. The molecule has 2 N–H and O–H groups in total. The maximum atomic E-state index is 13.6. The number of nitrogens with one attached hydrogen (secondary N) is 1. The van der Waals surface area contributed by atoms with Crippen molar-refractivity contribution in [3.05, 3.63) is 125 Å². The van der Waals surface area contributed by atoms with Crippen LogP contribution in [0.5, 0.6) is 5.75 Å². The van der Waals surface area contributed by atoms with Gasteiger partial charge in [0.25, 0.3) is 5.91 Å². The van der Waals surface area contributed by atoms with Gasteiger partial charge in [-0.05, 0) is 47.0 Å². The lowest BCUT2D eigenvalue weighted by molar-refractivity contribution is 0.0953. The topological polar surface area (TPSA) is 54.3 Å². The molecular formula is C29H22F2N2O2. The van der Waals surface area contributed by atoms with Crippen LogP contribution < -0.4 is 5.32 Å². The molecule has 0 radical (unpaired) electrons. The first-order chi connectivity index (χ1) is 17.0. The normalized spacial score (nSPS) is 11.0. The van der Waals surface area contributed by atoms with E-state index in [-0.39, 0.29) is 12.3 Å². The second-order valence-electron chi connectivity index (χ2n) is 8.32. The largest absolute Gasteiger partial charge is 0.508 e. The number of nitrogens with zero attached hydrogens (tertiary/aromatic N) is 1. The van der Waals surface area contributed by atoms with E-state index in [1.807, 2.05) is 60.7 Å². The number of hydrogen-bond donors (Lipinski definition) is 2. The van der Waals surface area contributed by atoms with E-state index in [4.69, 9.17) is 0 Å². The molecule has 35 heavy (non-hydrogen) atoms. The van der Waals surface area contributed by atoms with Gasteiger partial charge in [-0.15, -0.1) is 0 Å². The van der Waals surface area contributed by atoms with Gasteiger partial charge >= 0.3 is 0 Å². The highest BCUT2D eigenvalue weighted by Gasteiger charge is 2.24. The molecular weight excluding hydrogens is 446 g/mol. The van der Waals surface area contributed by atoms with Crippen molar-refractivity contribution in [2.45, 2.75) is 13.1 Å². The second-order valence-corrected chi connectivity index (χ2v) is 8.32. The summed E-state index contributed by atoms with van der Waals surface area (Å²) in [5.74, 6) is -1.78. The Morgan fingerprint density at radius 1 is 0.800 bits per heavy atom. The van der Waals surface area contributed by atoms with E-state index >= 15 is 0 Å². The molecule has 0 aliphatic rings. The minimum absolute atomic E-state index is 0.0372. The molecule has 0 bridgehead atoms. The Labute approximate surface area is 201 Å². The summed E-state index contributed by atoms with van der Waals surface area (Å²) in [4.78, 5) is 13.6. The summed E-state index contributed by atoms with van der Waals surface area (Å²) in [6, 6.07) is 27.6. The van der Waals surface area contributed by atoms with Crippen molar-refractivity contribution in [2.75, 3.05) is 0 Å². The molecule has 1 amide bonds. The molecule has 4 nitrogen and oxygen atoms in total. The van der Waals surface area contributed by atoms with E-state index in [0.29, 0.717) is 28.8 Å². The molecule has 1 heterocycles. The number of fused-ring (bicyclic) bond motifs is 1. The highest BCUT2D eigenvalue weighted by Crippen LogP contribution is 2.36. The highest BCUT2D eigenvalue weighted by atomic mass is 19.1. The van der Waals surface area contributed by atoms with Gasteiger partial charge in [-0.25, -0.2) is 8.78 Å². The first-order valence-corrected chi connectivity index (χ1v) is 11.2. The zero-order valence-electron chi connectivity index (χ0n) is 18.7. The van der Waals surface area contributed by atoms with Crippen LogP contribution in [0.1, 0.15) is 21.5 Å². The number of phenolic OH excluding ortho intramolecular Hbond substituents is 1. The van der Waals surface area contributed by atoms with Crippen molar-refractivity contribution < 1.29 is 18.7 Å². The number of aromatic hydroxyl groups is 1. The Bertz CT molecular complexity index is 1490. The summed E-state index contributed by atoms with van der Waals surface area (Å²) in [5, 5.41) is 13.6. The fourth-order valence-electron chi connectivity index (χ4n) is 4.38. The van der Waals surface area contributed by atoms with Gasteiger partial charge in [0.05, 0.1) is 11.3 Å². The predicted molar refractivity (Wildman–Crippen MR) is 132 cm³/mol. The number of rotatable bonds is 6. The SMILES string of the molecule is O=C(NCc1cc(F)cc(F)c1)c1c(-c2ccccc2)n(Cc2ccccc2)c2ccc(O)cc12. The Hall–Kier alpha value is -4.45. The van der Waals surface area contributed by atoms with Crippen LogP contribution in [0.2, 0.25) is 0 Å². The Morgan fingerprint density at radius 2 is 1.46 bits per heavy atom. The number of benzene rings is 4. The molecule has 0 aliphatic carbocycles. The number of phenols is 1. The van der Waals surface area contributed by atoms with E-state index < -0.39 is 17.5 Å². The average molecular weight is 469 g/mol. The molecule has 1 aromatic heterocycles. The summed E-state index contributed by atoms with van der Waals surface area (Å²) >= 11 is 0. The first-order valence-electron chi connectivity index (χ1n) is 11.2. The minimum Gasteiger partial charge on any atom is -0.508 e. The molecule has 0 atom stereocenters. The molecule has 0 unspecified atom stereocenters. The Morgan fingerprint density at radius 3 is 2.14 bits per heavy atom. The average Bonchev–Trinajstić information content (AvgIpc) is 3.16. The van der Waals surface area contributed by atoms with Crippen LogP contribution in [-0.4, -0.2) is 15.6 Å². The number of hydrogen-bond acceptors (Lipinski definition) is 2. The zero-order valence-corrected chi connectivity index (χ0v) is 18.7. The Kier molecular flexibility index (Phi) is 6.02. The van der Waals surface area contributed by atoms with Crippen molar-refractivity contribution in [3.8, 4) is 17.0 Å². The number of amides is 1. The maximum Gasteiger partial charge on any atom is 0.254 e. The van der Waals surface area contributed by atoms with Gasteiger partial charge in [0.1, 0.15) is 17.4 Å². The molecule has 174 valence electrons. The van der Waals surface area contributed by atoms with E-state index in [9.17, 15) is 18.7 Å². The lowest BCUT2D eigenvalue weighted by Gasteiger charge is -2.13. The lowest BCUT2D eigenvalue weighted by Crippen LogP contribution is -2.23. The number of aromatic nitrogens is 1. The van der Waals surface area contributed by atoms with Crippen molar-refractivity contribution in [3.63, 3.8) is 0 Å². The Balaban J connectivity index is 1.65. The van der Waals surface area contributed by atoms with Crippen molar-refractivity contribution >= 4 is 16.8 Å². The van der Waals surface area contributed by atoms with E-state index in [1.165, 1.54) is 12.1 Å². The van der Waals surface area contributed by atoms with Crippen LogP contribution in [0.25, 0.3) is 22.2 Å². The summed E-state index contributed by atoms with van der Waals surface area (Å²) in [5.41, 5.74) is 4.06. The van der Waals surface area contributed by atoms with Crippen molar-refractivity contribution in [2.24, 2.45) is 0 Å². The third-order valence-corrected chi connectivity index (χ3v) is 5.88. The fraction of sp³-hybridized carbons (Fsp3) is 0.0690. The second kappa shape index (κ2) is 9.43. The molecule has 0 aliphatic heterocycles. The van der Waals surface area contributed by atoms with E-state index in [2.05, 4.69) is 9.88 Å². The molecule has 0 fully saturated rings. The monoisotopic (exact) mass is 468 g/mol. The van der Waals surface area contributed by atoms with Gasteiger partial charge in [0.2, 0.25) is 0 Å². The van der Waals surface area contributed by atoms with Gasteiger partial charge in [-0.3, -0.25) is 4.79 Å². The number of carbonyl (C=O) groups is 1. The summed E-state index contributed by atoms with van der Waals surface area (Å²) in [6.45, 7) is 0.459. The van der Waals surface area contributed by atoms with Gasteiger partial charge in [0.15, 0.2) is 0 Å². The maximum absolute atomic E-state index is 13.6. The van der Waals surface area contributed by atoms with Crippen LogP contribution >= 0.6 is 0 Å². The molecule has 0 saturated heterocycles. The van der Waals surface area contributed by atoms with Crippen molar-refractivity contribution in [1.29, 1.82) is 0 Å². The van der Waals surface area contributed by atoms with Crippen LogP contribution in [0.15, 0.2) is 97.1 Å². The van der Waals surface area contributed by atoms with Gasteiger partial charge < -0.3 is 15.0 Å². The predicted octanol–water partition coefficient (Wildman–Crippen LogP) is 6.27. The van der Waals surface area contributed by atoms with E-state index in [0.717, 1.165) is 22.7 Å². The smallest absolute Gasteiger partial charge is 0.254 e. The van der Waals surface area contributed by atoms with Crippen molar-refractivity contribution in [1.82, 2.24) is 9.88 Å². The summed E-state index contributed by atoms with van der Waals surface area (Å²) < 4.78 is 29.3. The van der Waals surface area contributed by atoms with Crippen LogP contribution in [-0.2, 0) is 13.1 Å². The molecule has 6 heteroatoms. The van der Waals surface area contributed by atoms with Crippen LogP contribution in [0.4, 0.5) is 8.78 Å². The quantitative estimate of drug-likeness (QED) is 0.309. The molecule has 4 aromatic carbocycles. The fourth-order valence-corrected chi connectivity index (χ4v) is 4.38. The van der Waals surface area contributed by atoms with Gasteiger partial charge in [0, 0.05) is 30.1 Å². The third kappa shape index (κ3) is 4.64. The molecule has 0 saturated carbocycles.